The summed E-state index contributed by atoms with van der Waals surface area (Å²) in [6, 6.07) is 4.80. The van der Waals surface area contributed by atoms with Gasteiger partial charge in [-0.1, -0.05) is 0 Å². The minimum atomic E-state index is -0.982. The van der Waals surface area contributed by atoms with E-state index in [9.17, 15) is 19.2 Å². The largest absolute Gasteiger partial charge is 0.497 e. The summed E-state index contributed by atoms with van der Waals surface area (Å²) in [7, 11) is 3.09. The number of nitrogens with one attached hydrogen (secondary N) is 3. The standard InChI is InChI=1S/C19H26N4O6/c1-19(2)17(26)23(18(27)20-19)8-7-16(25)22-21-15(24)6-5-12-9-13(28-3)11-14(10-12)29-4/h9-11H,5-8H2,1-4H3,(H,20,27)(H,21,24)(H,22,25). The molecule has 1 aromatic carbocycles. The number of amides is 5. The average molecular weight is 406 g/mol. The van der Waals surface area contributed by atoms with Crippen LogP contribution in [0.25, 0.3) is 0 Å². The van der Waals surface area contributed by atoms with Gasteiger partial charge < -0.3 is 14.8 Å². The third-order valence-corrected chi connectivity index (χ3v) is 4.40. The molecule has 1 aliphatic rings. The van der Waals surface area contributed by atoms with Gasteiger partial charge in [-0.2, -0.15) is 0 Å². The number of hydrogen-bond acceptors (Lipinski definition) is 6. The van der Waals surface area contributed by atoms with Gasteiger partial charge in [0.25, 0.3) is 5.91 Å². The zero-order valence-electron chi connectivity index (χ0n) is 17.0. The Morgan fingerprint density at radius 1 is 1.00 bits per heavy atom. The zero-order chi connectivity index (χ0) is 21.6. The van der Waals surface area contributed by atoms with E-state index >= 15 is 0 Å². The Morgan fingerprint density at radius 2 is 1.55 bits per heavy atom. The number of carbonyl (C=O) groups is 4. The number of hydrazine groups is 1. The third kappa shape index (κ3) is 5.84. The number of imide groups is 1. The molecule has 1 saturated heterocycles. The van der Waals surface area contributed by atoms with Gasteiger partial charge in [-0.25, -0.2) is 4.79 Å². The summed E-state index contributed by atoms with van der Waals surface area (Å²) in [4.78, 5) is 48.7. The van der Waals surface area contributed by atoms with Crippen LogP contribution in [0.1, 0.15) is 32.3 Å². The lowest BCUT2D eigenvalue weighted by atomic mass is 10.1. The lowest BCUT2D eigenvalue weighted by Crippen LogP contribution is -2.44. The maximum absolute atomic E-state index is 12.1. The summed E-state index contributed by atoms with van der Waals surface area (Å²) in [6.07, 6.45) is 0.438. The van der Waals surface area contributed by atoms with E-state index in [4.69, 9.17) is 9.47 Å². The quantitative estimate of drug-likeness (QED) is 0.426. The monoisotopic (exact) mass is 406 g/mol. The molecule has 0 atom stereocenters. The highest BCUT2D eigenvalue weighted by atomic mass is 16.5. The normalized spacial score (nSPS) is 15.0. The molecule has 29 heavy (non-hydrogen) atoms. The SMILES string of the molecule is COc1cc(CCC(=O)NNC(=O)CCN2C(=O)NC(C)(C)C2=O)cc(OC)c1. The van der Waals surface area contributed by atoms with E-state index in [1.807, 2.05) is 0 Å². The van der Waals surface area contributed by atoms with Gasteiger partial charge in [0.2, 0.25) is 11.8 Å². The van der Waals surface area contributed by atoms with Crippen LogP contribution in [0, 0.1) is 0 Å². The van der Waals surface area contributed by atoms with Crippen LogP contribution in [-0.4, -0.2) is 55.0 Å². The number of rotatable bonds is 8. The molecule has 3 N–H and O–H groups in total. The maximum atomic E-state index is 12.1. The summed E-state index contributed by atoms with van der Waals surface area (Å²) in [5.41, 5.74) is 4.47. The van der Waals surface area contributed by atoms with Crippen LogP contribution in [0.5, 0.6) is 11.5 Å². The Balaban J connectivity index is 1.74. The Labute approximate surface area is 168 Å². The van der Waals surface area contributed by atoms with Crippen molar-refractivity contribution in [1.82, 2.24) is 21.1 Å². The lowest BCUT2D eigenvalue weighted by molar-refractivity contribution is -0.132. The highest BCUT2D eigenvalue weighted by Gasteiger charge is 2.43. The molecule has 10 nitrogen and oxygen atoms in total. The van der Waals surface area contributed by atoms with E-state index in [-0.39, 0.29) is 25.3 Å². The van der Waals surface area contributed by atoms with Crippen molar-refractivity contribution in [3.05, 3.63) is 23.8 Å². The second-order valence-electron chi connectivity index (χ2n) is 7.08. The smallest absolute Gasteiger partial charge is 0.325 e. The van der Waals surface area contributed by atoms with Crippen molar-refractivity contribution in [3.8, 4) is 11.5 Å². The van der Waals surface area contributed by atoms with Crippen LogP contribution < -0.4 is 25.6 Å². The van der Waals surface area contributed by atoms with Gasteiger partial charge in [0, 0.05) is 25.5 Å². The van der Waals surface area contributed by atoms with Gasteiger partial charge >= 0.3 is 6.03 Å². The summed E-state index contributed by atoms with van der Waals surface area (Å²) in [5.74, 6) is -0.0375. The number of methoxy groups -OCH3 is 2. The van der Waals surface area contributed by atoms with Crippen LogP contribution in [0.2, 0.25) is 0 Å². The lowest BCUT2D eigenvalue weighted by Gasteiger charge is -2.15. The Hall–Kier alpha value is -3.30. The molecule has 5 amide bonds. The van der Waals surface area contributed by atoms with E-state index in [1.54, 1.807) is 46.3 Å². The Kier molecular flexibility index (Phi) is 7.03. The van der Waals surface area contributed by atoms with Crippen molar-refractivity contribution in [1.29, 1.82) is 0 Å². The molecule has 0 unspecified atom stereocenters. The van der Waals surface area contributed by atoms with Crippen molar-refractivity contribution in [3.63, 3.8) is 0 Å². The molecule has 1 aromatic rings. The van der Waals surface area contributed by atoms with Gasteiger partial charge in [0.05, 0.1) is 14.2 Å². The molecular weight excluding hydrogens is 380 g/mol. The van der Waals surface area contributed by atoms with Crippen molar-refractivity contribution in [2.45, 2.75) is 38.6 Å². The van der Waals surface area contributed by atoms with Crippen LogP contribution in [0.4, 0.5) is 4.79 Å². The fourth-order valence-corrected chi connectivity index (χ4v) is 2.77. The fraction of sp³-hybridized carbons (Fsp3) is 0.474. The summed E-state index contributed by atoms with van der Waals surface area (Å²) >= 11 is 0. The number of aryl methyl sites for hydroxylation is 1. The molecule has 1 fully saturated rings. The van der Waals surface area contributed by atoms with Gasteiger partial charge in [0.1, 0.15) is 17.0 Å². The molecule has 0 spiro atoms. The minimum Gasteiger partial charge on any atom is -0.497 e. The molecule has 2 rings (SSSR count). The fourth-order valence-electron chi connectivity index (χ4n) is 2.77. The van der Waals surface area contributed by atoms with Crippen LogP contribution in [0.15, 0.2) is 18.2 Å². The van der Waals surface area contributed by atoms with Gasteiger partial charge in [-0.3, -0.25) is 30.1 Å². The first-order valence-electron chi connectivity index (χ1n) is 9.10. The number of carbonyl (C=O) groups excluding carboxylic acids is 4. The van der Waals surface area contributed by atoms with E-state index in [1.165, 1.54) is 0 Å². The second kappa shape index (κ2) is 9.26. The second-order valence-corrected chi connectivity index (χ2v) is 7.08. The molecule has 10 heteroatoms. The Morgan fingerprint density at radius 3 is 2.03 bits per heavy atom. The number of hydrogen-bond donors (Lipinski definition) is 3. The van der Waals surface area contributed by atoms with E-state index in [2.05, 4.69) is 16.2 Å². The Bertz CT molecular complexity index is 786. The van der Waals surface area contributed by atoms with Crippen LogP contribution in [-0.2, 0) is 20.8 Å². The minimum absolute atomic E-state index is 0.0700. The molecule has 0 saturated carbocycles. The number of urea groups is 1. The third-order valence-electron chi connectivity index (χ3n) is 4.40. The van der Waals surface area contributed by atoms with E-state index in [0.29, 0.717) is 17.9 Å². The molecular formula is C19H26N4O6. The van der Waals surface area contributed by atoms with E-state index in [0.717, 1.165) is 10.5 Å². The maximum Gasteiger partial charge on any atom is 0.325 e. The first kappa shape index (κ1) is 22.0. The molecule has 0 aliphatic carbocycles. The van der Waals surface area contributed by atoms with Gasteiger partial charge in [-0.15, -0.1) is 0 Å². The van der Waals surface area contributed by atoms with Gasteiger partial charge in [0.15, 0.2) is 0 Å². The summed E-state index contributed by atoms with van der Waals surface area (Å²) in [5, 5.41) is 2.53. The van der Waals surface area contributed by atoms with Gasteiger partial charge in [-0.05, 0) is 38.0 Å². The predicted molar refractivity (Wildman–Crippen MR) is 103 cm³/mol. The van der Waals surface area contributed by atoms with Crippen LogP contribution >= 0.6 is 0 Å². The summed E-state index contributed by atoms with van der Waals surface area (Å²) < 4.78 is 10.4. The predicted octanol–water partition coefficient (Wildman–Crippen LogP) is 0.504. The summed E-state index contributed by atoms with van der Waals surface area (Å²) in [6.45, 7) is 3.11. The first-order chi connectivity index (χ1) is 13.7. The van der Waals surface area contributed by atoms with Crippen molar-refractivity contribution >= 4 is 23.8 Å². The molecule has 0 radical (unpaired) electrons. The van der Waals surface area contributed by atoms with Crippen molar-refractivity contribution in [2.24, 2.45) is 0 Å². The molecule has 0 bridgehead atoms. The average Bonchev–Trinajstić information content (AvgIpc) is 2.89. The zero-order valence-corrected chi connectivity index (χ0v) is 17.0. The van der Waals surface area contributed by atoms with Crippen molar-refractivity contribution < 1.29 is 28.7 Å². The van der Waals surface area contributed by atoms with Crippen LogP contribution in [0.3, 0.4) is 0 Å². The molecule has 158 valence electrons. The molecule has 0 aromatic heterocycles. The highest BCUT2D eigenvalue weighted by molar-refractivity contribution is 6.06. The molecule has 1 heterocycles. The number of benzene rings is 1. The number of nitrogens with zero attached hydrogens (tertiary/aromatic N) is 1. The molecule has 1 aliphatic heterocycles. The van der Waals surface area contributed by atoms with Crippen molar-refractivity contribution in [2.75, 3.05) is 20.8 Å². The first-order valence-corrected chi connectivity index (χ1v) is 9.10. The van der Waals surface area contributed by atoms with E-state index < -0.39 is 23.4 Å². The topological polar surface area (TPSA) is 126 Å². The highest BCUT2D eigenvalue weighted by Crippen LogP contribution is 2.23. The number of ether oxygens (including phenoxy) is 2.